The lowest BCUT2D eigenvalue weighted by molar-refractivity contribution is -0.127. The van der Waals surface area contributed by atoms with Crippen LogP contribution in [0.2, 0.25) is 0 Å². The maximum absolute atomic E-state index is 12.6. The van der Waals surface area contributed by atoms with E-state index in [9.17, 15) is 4.79 Å². The van der Waals surface area contributed by atoms with Gasteiger partial charge in [0.05, 0.1) is 12.1 Å². The fourth-order valence-electron chi connectivity index (χ4n) is 3.18. The molecule has 1 amide bonds. The van der Waals surface area contributed by atoms with E-state index in [1.807, 2.05) is 35.7 Å². The van der Waals surface area contributed by atoms with Crippen LogP contribution in [0, 0.1) is 5.41 Å². The predicted octanol–water partition coefficient (Wildman–Crippen LogP) is 2.11. The fraction of sp³-hybridized carbons (Fsp3) is 0.562. The van der Waals surface area contributed by atoms with Crippen molar-refractivity contribution in [1.29, 1.82) is 0 Å². The van der Waals surface area contributed by atoms with Gasteiger partial charge in [0.1, 0.15) is 0 Å². The summed E-state index contributed by atoms with van der Waals surface area (Å²) in [5.74, 6) is 0.780. The molecule has 1 aliphatic rings. The predicted molar refractivity (Wildman–Crippen MR) is 91.6 cm³/mol. The number of amides is 1. The Morgan fingerprint density at radius 2 is 2.22 bits per heavy atom. The summed E-state index contributed by atoms with van der Waals surface area (Å²) in [6, 6.07) is 5.40. The van der Waals surface area contributed by atoms with Gasteiger partial charge in [-0.15, -0.1) is 22.6 Å². The number of fused-ring (bicyclic) bond motifs is 1. The van der Waals surface area contributed by atoms with E-state index in [-0.39, 0.29) is 35.8 Å². The average Bonchev–Trinajstić information content (AvgIpc) is 2.90. The number of rotatable bonds is 3. The van der Waals surface area contributed by atoms with Crippen LogP contribution in [0.1, 0.15) is 45.5 Å². The minimum Gasteiger partial charge on any atom is -0.345 e. The summed E-state index contributed by atoms with van der Waals surface area (Å²) in [6.07, 6.45) is 4.08. The summed E-state index contributed by atoms with van der Waals surface area (Å²) < 4.78 is 1.91. The van der Waals surface area contributed by atoms with Gasteiger partial charge in [0, 0.05) is 6.20 Å². The topological polar surface area (TPSA) is 71.3 Å². The van der Waals surface area contributed by atoms with E-state index >= 15 is 0 Å². The number of hydrogen-bond donors (Lipinski definition) is 2. The molecule has 1 saturated heterocycles. The number of aromatic nitrogens is 3. The van der Waals surface area contributed by atoms with Crippen LogP contribution < -0.4 is 10.6 Å². The Bertz CT molecular complexity index is 684. The monoisotopic (exact) mass is 337 g/mol. The first kappa shape index (κ1) is 17.7. The fourth-order valence-corrected chi connectivity index (χ4v) is 3.18. The molecule has 7 heteroatoms. The highest BCUT2D eigenvalue weighted by Gasteiger charge is 2.37. The maximum Gasteiger partial charge on any atom is 0.238 e. The van der Waals surface area contributed by atoms with E-state index in [1.165, 1.54) is 0 Å². The molecule has 2 N–H and O–H groups in total. The molecule has 0 bridgehead atoms. The Hall–Kier alpha value is -1.66. The maximum atomic E-state index is 12.6. The van der Waals surface area contributed by atoms with Crippen LogP contribution in [0.4, 0.5) is 0 Å². The molecule has 0 saturated carbocycles. The molecule has 2 atom stereocenters. The summed E-state index contributed by atoms with van der Waals surface area (Å²) in [5, 5.41) is 14.8. The quantitative estimate of drug-likeness (QED) is 0.899. The molecule has 126 valence electrons. The van der Waals surface area contributed by atoms with Crippen molar-refractivity contribution in [3.8, 4) is 0 Å². The van der Waals surface area contributed by atoms with E-state index in [0.29, 0.717) is 0 Å². The third-order valence-electron chi connectivity index (χ3n) is 4.48. The van der Waals surface area contributed by atoms with Gasteiger partial charge in [0.25, 0.3) is 0 Å². The normalized spacial score (nSPS) is 21.4. The van der Waals surface area contributed by atoms with E-state index in [0.717, 1.165) is 30.9 Å². The standard InChI is InChI=1S/C16H23N5O.ClH/c1-11(14-20-19-12-7-4-5-10-21(12)14)18-15(22)13-16(2,3)8-6-9-17-13;/h4-5,7,10-11,13,17H,6,8-9H2,1-3H3,(H,18,22);1H. The summed E-state index contributed by atoms with van der Waals surface area (Å²) in [5.41, 5.74) is 0.754. The second-order valence-electron chi connectivity index (χ2n) is 6.70. The molecular formula is C16H24ClN5O. The number of carbonyl (C=O) groups is 1. The number of carbonyl (C=O) groups excluding carboxylic acids is 1. The first-order valence-electron chi connectivity index (χ1n) is 7.82. The second-order valence-corrected chi connectivity index (χ2v) is 6.70. The molecule has 2 aromatic rings. The molecule has 1 aliphatic heterocycles. The number of nitrogens with zero attached hydrogens (tertiary/aromatic N) is 3. The van der Waals surface area contributed by atoms with Crippen LogP contribution in [0.25, 0.3) is 5.65 Å². The van der Waals surface area contributed by atoms with Crippen molar-refractivity contribution in [2.75, 3.05) is 6.54 Å². The molecule has 3 heterocycles. The van der Waals surface area contributed by atoms with E-state index in [2.05, 4.69) is 34.7 Å². The Labute approximate surface area is 142 Å². The number of hydrogen-bond acceptors (Lipinski definition) is 4. The number of pyridine rings is 1. The van der Waals surface area contributed by atoms with Gasteiger partial charge in [-0.2, -0.15) is 0 Å². The van der Waals surface area contributed by atoms with Crippen LogP contribution in [-0.4, -0.2) is 33.1 Å². The molecule has 0 radical (unpaired) electrons. The highest BCUT2D eigenvalue weighted by atomic mass is 35.5. The zero-order valence-electron chi connectivity index (χ0n) is 13.7. The molecular weight excluding hydrogens is 314 g/mol. The van der Waals surface area contributed by atoms with Gasteiger partial charge in [0.2, 0.25) is 5.91 Å². The van der Waals surface area contributed by atoms with Gasteiger partial charge in [-0.1, -0.05) is 19.9 Å². The smallest absolute Gasteiger partial charge is 0.238 e. The molecule has 0 aromatic carbocycles. The molecule has 0 spiro atoms. The molecule has 2 aromatic heterocycles. The largest absolute Gasteiger partial charge is 0.345 e. The van der Waals surface area contributed by atoms with Crippen molar-refractivity contribution in [3.63, 3.8) is 0 Å². The van der Waals surface area contributed by atoms with E-state index in [1.54, 1.807) is 0 Å². The molecule has 3 rings (SSSR count). The first-order chi connectivity index (χ1) is 10.5. The lowest BCUT2D eigenvalue weighted by Gasteiger charge is -2.38. The molecule has 0 aliphatic carbocycles. The minimum atomic E-state index is -0.190. The molecule has 1 fully saturated rings. The van der Waals surface area contributed by atoms with Crippen molar-refractivity contribution in [3.05, 3.63) is 30.2 Å². The van der Waals surface area contributed by atoms with Crippen molar-refractivity contribution < 1.29 is 4.79 Å². The van der Waals surface area contributed by atoms with Crippen LogP contribution in [0.3, 0.4) is 0 Å². The van der Waals surface area contributed by atoms with E-state index < -0.39 is 0 Å². The molecule has 2 unspecified atom stereocenters. The average molecular weight is 338 g/mol. The minimum absolute atomic E-state index is 0. The summed E-state index contributed by atoms with van der Waals surface area (Å²) in [7, 11) is 0. The SMILES string of the molecule is CC(NC(=O)C1NCCCC1(C)C)c1nnc2ccccn12.Cl. The van der Waals surface area contributed by atoms with Crippen LogP contribution >= 0.6 is 12.4 Å². The molecule has 23 heavy (non-hydrogen) atoms. The first-order valence-corrected chi connectivity index (χ1v) is 7.82. The Kier molecular flexibility index (Phi) is 5.26. The Balaban J connectivity index is 0.00000192. The van der Waals surface area contributed by atoms with Crippen molar-refractivity contribution >= 4 is 24.0 Å². The summed E-state index contributed by atoms with van der Waals surface area (Å²) in [6.45, 7) is 7.11. The van der Waals surface area contributed by atoms with Gasteiger partial charge in [-0.25, -0.2) is 0 Å². The van der Waals surface area contributed by atoms with E-state index in [4.69, 9.17) is 0 Å². The third-order valence-corrected chi connectivity index (χ3v) is 4.48. The van der Waals surface area contributed by atoms with Crippen molar-refractivity contribution in [2.45, 2.75) is 45.7 Å². The summed E-state index contributed by atoms with van der Waals surface area (Å²) in [4.78, 5) is 12.6. The van der Waals surface area contributed by atoms with Crippen LogP contribution in [-0.2, 0) is 4.79 Å². The van der Waals surface area contributed by atoms with Crippen molar-refractivity contribution in [1.82, 2.24) is 25.2 Å². The highest BCUT2D eigenvalue weighted by Crippen LogP contribution is 2.30. The second kappa shape index (κ2) is 6.84. The van der Waals surface area contributed by atoms with Crippen LogP contribution in [0.5, 0.6) is 0 Å². The van der Waals surface area contributed by atoms with Gasteiger partial charge < -0.3 is 10.6 Å². The number of piperidine rings is 1. The Morgan fingerprint density at radius 3 is 2.96 bits per heavy atom. The highest BCUT2D eigenvalue weighted by molar-refractivity contribution is 5.85. The third kappa shape index (κ3) is 3.48. The van der Waals surface area contributed by atoms with Gasteiger partial charge in [-0.3, -0.25) is 9.20 Å². The number of halogens is 1. The number of nitrogens with one attached hydrogen (secondary N) is 2. The zero-order chi connectivity index (χ0) is 15.7. The van der Waals surface area contributed by atoms with Crippen LogP contribution in [0.15, 0.2) is 24.4 Å². The van der Waals surface area contributed by atoms with Gasteiger partial charge in [0.15, 0.2) is 11.5 Å². The zero-order valence-corrected chi connectivity index (χ0v) is 14.6. The summed E-state index contributed by atoms with van der Waals surface area (Å²) >= 11 is 0. The lowest BCUT2D eigenvalue weighted by Crippen LogP contribution is -2.55. The van der Waals surface area contributed by atoms with Gasteiger partial charge in [-0.05, 0) is 43.9 Å². The lowest BCUT2D eigenvalue weighted by atomic mass is 9.77. The van der Waals surface area contributed by atoms with Crippen molar-refractivity contribution in [2.24, 2.45) is 5.41 Å². The van der Waals surface area contributed by atoms with Gasteiger partial charge >= 0.3 is 0 Å². The Morgan fingerprint density at radius 1 is 1.43 bits per heavy atom. The molecule has 6 nitrogen and oxygen atoms in total.